The summed E-state index contributed by atoms with van der Waals surface area (Å²) in [5.74, 6) is -1.01. The summed E-state index contributed by atoms with van der Waals surface area (Å²) in [4.78, 5) is 36.7. The number of nitrogens with one attached hydrogen (secondary N) is 1. The van der Waals surface area contributed by atoms with Gasteiger partial charge in [0.2, 0.25) is 11.8 Å². The minimum Gasteiger partial charge on any atom is -0.438 e. The maximum Gasteiger partial charge on any atom is 0.256 e. The highest BCUT2D eigenvalue weighted by Crippen LogP contribution is 2.30. The number of carbonyl (C=O) groups is 2. The summed E-state index contributed by atoms with van der Waals surface area (Å²) >= 11 is 0. The highest BCUT2D eigenvalue weighted by atomic mass is 32.2. The minimum absolute atomic E-state index is 0.0580. The second-order valence-corrected chi connectivity index (χ2v) is 11.6. The fraction of sp³-hybridized carbons (Fsp3) is 0.286. The standard InChI is InChI=1S/C28H28N4O6S/c1-2-21(25(33)27-31-22-12-6-7-13-24(22)38-27)30-26(34)23-15-20(39(36,37)19-10-4-3-5-11-19)17-32(23)28(35)18-9-8-14-29-16-18/h3-14,16,20-21,23,25,33H,2,15,17H2,1H3,(H,30,34)/t20-,21?,23+,25?/m1/s1. The Hall–Kier alpha value is -4.09. The van der Waals surface area contributed by atoms with Gasteiger partial charge in [-0.3, -0.25) is 14.6 Å². The molecule has 3 heterocycles. The van der Waals surface area contributed by atoms with Crippen LogP contribution in [0.25, 0.3) is 11.1 Å². The summed E-state index contributed by atoms with van der Waals surface area (Å²) in [5.41, 5.74) is 1.32. The lowest BCUT2D eigenvalue weighted by Crippen LogP contribution is -2.50. The van der Waals surface area contributed by atoms with Crippen molar-refractivity contribution in [2.45, 2.75) is 48.1 Å². The largest absolute Gasteiger partial charge is 0.438 e. The molecule has 4 atom stereocenters. The third-order valence-corrected chi connectivity index (χ3v) is 9.11. The molecule has 0 bridgehead atoms. The van der Waals surface area contributed by atoms with Crippen molar-refractivity contribution in [3.05, 3.63) is 90.6 Å². The Kier molecular flexibility index (Phi) is 7.45. The first kappa shape index (κ1) is 26.5. The summed E-state index contributed by atoms with van der Waals surface area (Å²) in [6, 6.07) is 16.3. The number of aliphatic hydroxyl groups excluding tert-OH is 1. The zero-order chi connectivity index (χ0) is 27.6. The number of benzene rings is 2. The Bertz CT molecular complexity index is 1540. The second-order valence-electron chi connectivity index (χ2n) is 9.42. The predicted molar refractivity (Wildman–Crippen MR) is 142 cm³/mol. The maximum atomic E-state index is 13.6. The van der Waals surface area contributed by atoms with Gasteiger partial charge in [-0.2, -0.15) is 0 Å². The fourth-order valence-corrected chi connectivity index (χ4v) is 6.54. The highest BCUT2D eigenvalue weighted by molar-refractivity contribution is 7.92. The van der Waals surface area contributed by atoms with E-state index >= 15 is 0 Å². The van der Waals surface area contributed by atoms with E-state index in [1.807, 2.05) is 0 Å². The van der Waals surface area contributed by atoms with Gasteiger partial charge in [-0.25, -0.2) is 13.4 Å². The van der Waals surface area contributed by atoms with Crippen molar-refractivity contribution >= 4 is 32.8 Å². The molecule has 202 valence electrons. The van der Waals surface area contributed by atoms with E-state index in [0.717, 1.165) is 0 Å². The van der Waals surface area contributed by atoms with Crippen LogP contribution in [0.2, 0.25) is 0 Å². The zero-order valence-electron chi connectivity index (χ0n) is 21.2. The van der Waals surface area contributed by atoms with E-state index in [0.29, 0.717) is 17.5 Å². The first-order chi connectivity index (χ1) is 18.8. The van der Waals surface area contributed by atoms with Crippen LogP contribution in [0.5, 0.6) is 0 Å². The number of amides is 2. The van der Waals surface area contributed by atoms with E-state index in [9.17, 15) is 23.1 Å². The Morgan fingerprint density at radius 3 is 2.54 bits per heavy atom. The third kappa shape index (κ3) is 5.27. The molecular weight excluding hydrogens is 520 g/mol. The van der Waals surface area contributed by atoms with E-state index in [4.69, 9.17) is 4.42 Å². The third-order valence-electron chi connectivity index (χ3n) is 6.96. The lowest BCUT2D eigenvalue weighted by atomic mass is 10.1. The number of fused-ring (bicyclic) bond motifs is 1. The Labute approximate surface area is 225 Å². The van der Waals surface area contributed by atoms with Gasteiger partial charge in [0.25, 0.3) is 5.91 Å². The van der Waals surface area contributed by atoms with Crippen LogP contribution in [0.1, 0.15) is 42.1 Å². The van der Waals surface area contributed by atoms with Gasteiger partial charge in [0.1, 0.15) is 11.6 Å². The van der Waals surface area contributed by atoms with Gasteiger partial charge in [-0.15, -0.1) is 0 Å². The molecule has 11 heteroatoms. The van der Waals surface area contributed by atoms with Crippen LogP contribution in [0.4, 0.5) is 0 Å². The summed E-state index contributed by atoms with van der Waals surface area (Å²) < 4.78 is 32.5. The van der Waals surface area contributed by atoms with Crippen molar-refractivity contribution in [2.24, 2.45) is 0 Å². The number of pyridine rings is 1. The predicted octanol–water partition coefficient (Wildman–Crippen LogP) is 2.91. The van der Waals surface area contributed by atoms with Crippen LogP contribution >= 0.6 is 0 Å². The van der Waals surface area contributed by atoms with Crippen LogP contribution < -0.4 is 5.32 Å². The van der Waals surface area contributed by atoms with Crippen LogP contribution in [0, 0.1) is 0 Å². The lowest BCUT2D eigenvalue weighted by molar-refractivity contribution is -0.126. The van der Waals surface area contributed by atoms with Gasteiger partial charge in [0.05, 0.1) is 21.8 Å². The average molecular weight is 549 g/mol. The second kappa shape index (κ2) is 11.0. The van der Waals surface area contributed by atoms with Crippen molar-refractivity contribution < 1.29 is 27.5 Å². The van der Waals surface area contributed by atoms with Gasteiger partial charge in [-0.05, 0) is 49.2 Å². The zero-order valence-corrected chi connectivity index (χ0v) is 22.0. The first-order valence-electron chi connectivity index (χ1n) is 12.6. The number of aromatic nitrogens is 2. The summed E-state index contributed by atoms with van der Waals surface area (Å²) in [6.07, 6.45) is 1.89. The molecule has 0 aliphatic carbocycles. The maximum absolute atomic E-state index is 13.6. The van der Waals surface area contributed by atoms with E-state index in [1.54, 1.807) is 61.5 Å². The average Bonchev–Trinajstić information content (AvgIpc) is 3.62. The molecule has 5 rings (SSSR count). The summed E-state index contributed by atoms with van der Waals surface area (Å²) in [7, 11) is -3.83. The first-order valence-corrected chi connectivity index (χ1v) is 14.2. The number of rotatable bonds is 8. The molecule has 0 radical (unpaired) electrons. The highest BCUT2D eigenvalue weighted by Gasteiger charge is 2.46. The molecule has 2 amide bonds. The van der Waals surface area contributed by atoms with E-state index in [-0.39, 0.29) is 29.3 Å². The molecule has 1 aliphatic heterocycles. The molecule has 2 aromatic carbocycles. The number of sulfone groups is 1. The van der Waals surface area contributed by atoms with Crippen molar-refractivity contribution in [1.82, 2.24) is 20.2 Å². The minimum atomic E-state index is -3.83. The molecule has 2 aromatic heterocycles. The molecule has 0 saturated carbocycles. The quantitative estimate of drug-likeness (QED) is 0.342. The molecule has 0 spiro atoms. The number of aliphatic hydroxyl groups is 1. The monoisotopic (exact) mass is 548 g/mol. The van der Waals surface area contributed by atoms with Gasteiger partial charge in [0.15, 0.2) is 21.5 Å². The number of nitrogens with zero attached hydrogens (tertiary/aromatic N) is 3. The number of likely N-dealkylation sites (tertiary alicyclic amines) is 1. The number of hydrogen-bond acceptors (Lipinski definition) is 8. The molecule has 2 N–H and O–H groups in total. The normalized spacial score (nSPS) is 19.1. The van der Waals surface area contributed by atoms with E-state index < -0.39 is 45.1 Å². The molecule has 2 unspecified atom stereocenters. The van der Waals surface area contributed by atoms with Gasteiger partial charge in [0, 0.05) is 18.9 Å². The fourth-order valence-electron chi connectivity index (χ4n) is 4.82. The van der Waals surface area contributed by atoms with Crippen LogP contribution in [-0.4, -0.2) is 64.1 Å². The summed E-state index contributed by atoms with van der Waals surface area (Å²) in [6.45, 7) is 1.63. The molecule has 1 aliphatic rings. The smallest absolute Gasteiger partial charge is 0.256 e. The Balaban J connectivity index is 1.41. The van der Waals surface area contributed by atoms with E-state index in [1.165, 1.54) is 29.4 Å². The van der Waals surface area contributed by atoms with Crippen LogP contribution in [0.3, 0.4) is 0 Å². The van der Waals surface area contributed by atoms with Gasteiger partial charge in [-0.1, -0.05) is 37.3 Å². The topological polar surface area (TPSA) is 143 Å². The molecule has 4 aromatic rings. The lowest BCUT2D eigenvalue weighted by Gasteiger charge is -2.27. The Morgan fingerprint density at radius 1 is 1.10 bits per heavy atom. The molecule has 39 heavy (non-hydrogen) atoms. The molecular formula is C28H28N4O6S. The van der Waals surface area contributed by atoms with Crippen molar-refractivity contribution in [3.8, 4) is 0 Å². The number of carbonyl (C=O) groups excluding carboxylic acids is 2. The molecule has 1 saturated heterocycles. The molecule has 10 nitrogen and oxygen atoms in total. The van der Waals surface area contributed by atoms with Crippen molar-refractivity contribution in [3.63, 3.8) is 0 Å². The summed E-state index contributed by atoms with van der Waals surface area (Å²) in [5, 5.41) is 12.8. The van der Waals surface area contributed by atoms with Gasteiger partial charge < -0.3 is 19.7 Å². The van der Waals surface area contributed by atoms with Crippen molar-refractivity contribution in [1.29, 1.82) is 0 Å². The number of hydrogen-bond donors (Lipinski definition) is 2. The van der Waals surface area contributed by atoms with Crippen molar-refractivity contribution in [2.75, 3.05) is 6.54 Å². The van der Waals surface area contributed by atoms with Gasteiger partial charge >= 0.3 is 0 Å². The molecule has 1 fully saturated rings. The van der Waals surface area contributed by atoms with E-state index in [2.05, 4.69) is 15.3 Å². The van der Waals surface area contributed by atoms with Crippen LogP contribution in [-0.2, 0) is 14.6 Å². The SMILES string of the molecule is CCC(NC(=O)[C@@H]1C[C@@H](S(=O)(=O)c2ccccc2)CN1C(=O)c1cccnc1)C(O)c1nc2ccccc2o1. The Morgan fingerprint density at radius 2 is 1.85 bits per heavy atom. The number of oxazole rings is 1. The number of para-hydroxylation sites is 2. The van der Waals surface area contributed by atoms with Crippen LogP contribution in [0.15, 0.2) is 88.4 Å².